The molecule has 0 radical (unpaired) electrons. The molecule has 0 aromatic carbocycles. The first-order valence-electron chi connectivity index (χ1n) is 8.97. The Balaban J connectivity index is 0.00000225. The van der Waals surface area contributed by atoms with Crippen LogP contribution in [0.15, 0.2) is 12.1 Å². The summed E-state index contributed by atoms with van der Waals surface area (Å²) in [6.07, 6.45) is 4.57. The van der Waals surface area contributed by atoms with E-state index in [0.29, 0.717) is 12.3 Å². The van der Waals surface area contributed by atoms with Crippen LogP contribution < -0.4 is 10.6 Å². The molecule has 0 bridgehead atoms. The van der Waals surface area contributed by atoms with E-state index >= 15 is 0 Å². The smallest absolute Gasteiger partial charge is 0.261 e. The van der Waals surface area contributed by atoms with Crippen LogP contribution in [0.3, 0.4) is 0 Å². The minimum absolute atomic E-state index is 0. The number of halogens is 1. The molecule has 2 N–H and O–H groups in total. The van der Waals surface area contributed by atoms with E-state index < -0.39 is 0 Å². The second-order valence-electron chi connectivity index (χ2n) is 6.94. The maximum Gasteiger partial charge on any atom is 0.261 e. The molecule has 5 nitrogen and oxygen atoms in total. The highest BCUT2D eigenvalue weighted by molar-refractivity contribution is 7.13. The zero-order valence-electron chi connectivity index (χ0n) is 14.8. The van der Waals surface area contributed by atoms with Crippen molar-refractivity contribution in [2.24, 2.45) is 5.92 Å². The van der Waals surface area contributed by atoms with E-state index in [1.165, 1.54) is 17.8 Å². The minimum Gasteiger partial charge on any atom is -0.348 e. The molecule has 0 saturated carbocycles. The number of piperidine rings is 1. The third-order valence-corrected chi connectivity index (χ3v) is 6.08. The van der Waals surface area contributed by atoms with Gasteiger partial charge in [-0.05, 0) is 63.7 Å². The summed E-state index contributed by atoms with van der Waals surface area (Å²) < 4.78 is 0. The van der Waals surface area contributed by atoms with Crippen molar-refractivity contribution in [3.63, 3.8) is 0 Å². The first-order valence-corrected chi connectivity index (χ1v) is 9.79. The normalized spacial score (nSPS) is 21.0. The number of rotatable bonds is 5. The molecule has 25 heavy (non-hydrogen) atoms. The van der Waals surface area contributed by atoms with E-state index in [-0.39, 0.29) is 30.3 Å². The Hall–Kier alpha value is -1.11. The standard InChI is InChI=1S/C18H27N3O2S.ClH/c1-13-2-4-16(24-13)18(23)20-15-7-10-21(11-8-15)17(22)5-3-14-6-9-19-12-14;/h2,4,14-15,19H,3,5-12H2,1H3,(H,20,23);1H. The maximum atomic E-state index is 12.3. The van der Waals surface area contributed by atoms with Crippen molar-refractivity contribution in [2.45, 2.75) is 45.1 Å². The molecule has 7 heteroatoms. The molecule has 1 atom stereocenters. The number of likely N-dealkylation sites (tertiary alicyclic amines) is 1. The first-order chi connectivity index (χ1) is 11.6. The third-order valence-electron chi connectivity index (χ3n) is 5.08. The van der Waals surface area contributed by atoms with Crippen molar-refractivity contribution in [3.05, 3.63) is 21.9 Å². The maximum absolute atomic E-state index is 12.3. The zero-order valence-corrected chi connectivity index (χ0v) is 16.4. The lowest BCUT2D eigenvalue weighted by Gasteiger charge is -2.32. The molecule has 3 rings (SSSR count). The molecule has 140 valence electrons. The molecule has 1 aromatic rings. The van der Waals surface area contributed by atoms with Crippen molar-refractivity contribution in [1.29, 1.82) is 0 Å². The quantitative estimate of drug-likeness (QED) is 0.818. The van der Waals surface area contributed by atoms with Crippen molar-refractivity contribution in [3.8, 4) is 0 Å². The highest BCUT2D eigenvalue weighted by atomic mass is 35.5. The van der Waals surface area contributed by atoms with Gasteiger partial charge in [-0.1, -0.05) is 0 Å². The van der Waals surface area contributed by atoms with Crippen molar-refractivity contribution in [2.75, 3.05) is 26.2 Å². The third kappa shape index (κ3) is 5.69. The van der Waals surface area contributed by atoms with Crippen LogP contribution in [-0.4, -0.2) is 48.9 Å². The molecule has 2 saturated heterocycles. The average Bonchev–Trinajstić information content (AvgIpc) is 3.25. The van der Waals surface area contributed by atoms with Crippen LogP contribution in [0.4, 0.5) is 0 Å². The lowest BCUT2D eigenvalue weighted by molar-refractivity contribution is -0.132. The van der Waals surface area contributed by atoms with Crippen molar-refractivity contribution in [1.82, 2.24) is 15.5 Å². The summed E-state index contributed by atoms with van der Waals surface area (Å²) in [6, 6.07) is 4.04. The number of nitrogens with zero attached hydrogens (tertiary/aromatic N) is 1. The van der Waals surface area contributed by atoms with Gasteiger partial charge in [0.05, 0.1) is 4.88 Å². The molecule has 2 amide bonds. The molecule has 3 heterocycles. The van der Waals surface area contributed by atoms with Gasteiger partial charge in [0.1, 0.15) is 0 Å². The van der Waals surface area contributed by atoms with Gasteiger partial charge in [-0.3, -0.25) is 9.59 Å². The van der Waals surface area contributed by atoms with Gasteiger partial charge in [-0.25, -0.2) is 0 Å². The number of carbonyl (C=O) groups is 2. The molecular weight excluding hydrogens is 358 g/mol. The second kappa shape index (κ2) is 9.55. The Labute approximate surface area is 160 Å². The molecule has 2 fully saturated rings. The van der Waals surface area contributed by atoms with Crippen molar-refractivity contribution >= 4 is 35.6 Å². The summed E-state index contributed by atoms with van der Waals surface area (Å²) >= 11 is 1.53. The monoisotopic (exact) mass is 385 g/mol. The topological polar surface area (TPSA) is 61.4 Å². The summed E-state index contributed by atoms with van der Waals surface area (Å²) in [6.45, 7) is 5.68. The SMILES string of the molecule is Cc1ccc(C(=O)NC2CCN(C(=O)CCC3CCNC3)CC2)s1.Cl. The number of carbonyl (C=O) groups excluding carboxylic acids is 2. The molecule has 2 aliphatic heterocycles. The predicted molar refractivity (Wildman–Crippen MR) is 104 cm³/mol. The number of aryl methyl sites for hydroxylation is 1. The highest BCUT2D eigenvalue weighted by Crippen LogP contribution is 2.19. The molecule has 2 aliphatic rings. The average molecular weight is 386 g/mol. The Kier molecular flexibility index (Phi) is 7.72. The largest absolute Gasteiger partial charge is 0.348 e. The van der Waals surface area contributed by atoms with E-state index in [0.717, 1.165) is 55.2 Å². The molecular formula is C18H28ClN3O2S. The Bertz CT molecular complexity index is 579. The fourth-order valence-electron chi connectivity index (χ4n) is 3.53. The van der Waals surface area contributed by atoms with Gasteiger partial charge in [-0.2, -0.15) is 0 Å². The summed E-state index contributed by atoms with van der Waals surface area (Å²) in [5, 5.41) is 6.46. The highest BCUT2D eigenvalue weighted by Gasteiger charge is 2.25. The fourth-order valence-corrected chi connectivity index (χ4v) is 4.30. The van der Waals surface area contributed by atoms with Gasteiger partial charge in [0, 0.05) is 30.4 Å². The lowest BCUT2D eigenvalue weighted by Crippen LogP contribution is -2.46. The van der Waals surface area contributed by atoms with Crippen molar-refractivity contribution < 1.29 is 9.59 Å². The van der Waals surface area contributed by atoms with Gasteiger partial charge < -0.3 is 15.5 Å². The van der Waals surface area contributed by atoms with Crippen LogP contribution in [0.25, 0.3) is 0 Å². The van der Waals surface area contributed by atoms with Gasteiger partial charge in [0.2, 0.25) is 5.91 Å². The van der Waals surface area contributed by atoms with Crippen LogP contribution in [-0.2, 0) is 4.79 Å². The van der Waals surface area contributed by atoms with Crippen LogP contribution >= 0.6 is 23.7 Å². The minimum atomic E-state index is 0. The van der Waals surface area contributed by atoms with Gasteiger partial charge in [-0.15, -0.1) is 23.7 Å². The first kappa shape index (κ1) is 20.2. The Morgan fingerprint density at radius 3 is 2.64 bits per heavy atom. The summed E-state index contributed by atoms with van der Waals surface area (Å²) in [7, 11) is 0. The number of nitrogens with one attached hydrogen (secondary N) is 2. The van der Waals surface area contributed by atoms with Crippen LogP contribution in [0.5, 0.6) is 0 Å². The van der Waals surface area contributed by atoms with E-state index in [4.69, 9.17) is 0 Å². The van der Waals surface area contributed by atoms with Gasteiger partial charge >= 0.3 is 0 Å². The summed E-state index contributed by atoms with van der Waals surface area (Å²) in [4.78, 5) is 28.4. The van der Waals surface area contributed by atoms with Gasteiger partial charge in [0.15, 0.2) is 0 Å². The summed E-state index contributed by atoms with van der Waals surface area (Å²) in [5.74, 6) is 0.965. The van der Waals surface area contributed by atoms with E-state index in [1.54, 1.807) is 0 Å². The Morgan fingerprint density at radius 1 is 1.28 bits per heavy atom. The van der Waals surface area contributed by atoms with Crippen LogP contribution in [0.1, 0.15) is 46.7 Å². The number of amides is 2. The summed E-state index contributed by atoms with van der Waals surface area (Å²) in [5.41, 5.74) is 0. The van der Waals surface area contributed by atoms with E-state index in [1.807, 2.05) is 24.0 Å². The zero-order chi connectivity index (χ0) is 16.9. The second-order valence-corrected chi connectivity index (χ2v) is 8.22. The molecule has 0 aliphatic carbocycles. The Morgan fingerprint density at radius 2 is 2.04 bits per heavy atom. The fraction of sp³-hybridized carbons (Fsp3) is 0.667. The lowest BCUT2D eigenvalue weighted by atomic mass is 10.0. The van der Waals surface area contributed by atoms with Gasteiger partial charge in [0.25, 0.3) is 5.91 Å². The molecule has 1 aromatic heterocycles. The molecule has 0 spiro atoms. The van der Waals surface area contributed by atoms with Crippen LogP contribution in [0, 0.1) is 12.8 Å². The van der Waals surface area contributed by atoms with E-state index in [9.17, 15) is 9.59 Å². The molecule has 1 unspecified atom stereocenters. The van der Waals surface area contributed by atoms with Crippen LogP contribution in [0.2, 0.25) is 0 Å². The number of thiophene rings is 1. The predicted octanol–water partition coefficient (Wildman–Crippen LogP) is 2.59. The number of hydrogen-bond acceptors (Lipinski definition) is 4. The van der Waals surface area contributed by atoms with E-state index in [2.05, 4.69) is 10.6 Å². The number of hydrogen-bond donors (Lipinski definition) is 2.